The summed E-state index contributed by atoms with van der Waals surface area (Å²) in [7, 11) is 1.81. The van der Waals surface area contributed by atoms with Crippen molar-refractivity contribution in [2.75, 3.05) is 18.0 Å². The van der Waals surface area contributed by atoms with E-state index >= 15 is 0 Å². The van der Waals surface area contributed by atoms with Gasteiger partial charge >= 0.3 is 6.09 Å². The van der Waals surface area contributed by atoms with Gasteiger partial charge in [0.2, 0.25) is 5.43 Å². The van der Waals surface area contributed by atoms with Gasteiger partial charge in [0, 0.05) is 44.0 Å². The van der Waals surface area contributed by atoms with Crippen LogP contribution in [0, 0.1) is 0 Å². The Bertz CT molecular complexity index is 1100. The minimum absolute atomic E-state index is 0.159. The van der Waals surface area contributed by atoms with Gasteiger partial charge in [0.15, 0.2) is 0 Å². The second-order valence-corrected chi connectivity index (χ2v) is 7.48. The van der Waals surface area contributed by atoms with E-state index in [9.17, 15) is 14.7 Å². The number of hydrogen-bond acceptors (Lipinski definition) is 5. The molecule has 1 aliphatic heterocycles. The molecule has 3 aromatic rings. The van der Waals surface area contributed by atoms with Crippen LogP contribution in [0.4, 0.5) is 10.5 Å². The highest BCUT2D eigenvalue weighted by Gasteiger charge is 2.22. The van der Waals surface area contributed by atoms with Crippen LogP contribution < -0.4 is 15.6 Å². The van der Waals surface area contributed by atoms with Gasteiger partial charge in [-0.2, -0.15) is 10.2 Å². The summed E-state index contributed by atoms with van der Waals surface area (Å²) in [4.78, 5) is 25.6. The zero-order chi connectivity index (χ0) is 21.1. The van der Waals surface area contributed by atoms with Gasteiger partial charge in [-0.15, -0.1) is 0 Å². The number of amides is 1. The van der Waals surface area contributed by atoms with Gasteiger partial charge in [-0.05, 0) is 37.1 Å². The Morgan fingerprint density at radius 3 is 2.93 bits per heavy atom. The van der Waals surface area contributed by atoms with Crippen molar-refractivity contribution in [3.05, 3.63) is 70.4 Å². The lowest BCUT2D eigenvalue weighted by atomic mass is 10.1. The second kappa shape index (κ2) is 8.50. The summed E-state index contributed by atoms with van der Waals surface area (Å²) in [5.41, 5.74) is 2.40. The second-order valence-electron chi connectivity index (χ2n) is 7.48. The van der Waals surface area contributed by atoms with Crippen LogP contribution in [-0.4, -0.2) is 49.9 Å². The van der Waals surface area contributed by atoms with Gasteiger partial charge in [0.25, 0.3) is 0 Å². The number of carboxylic acid groups (broad SMARTS) is 1. The average molecular weight is 408 g/mol. The SMILES string of the molecule is Cn1cc(-n2ccc(=O)c(Cc3cccc(N(C[C@@H]4CCCN4)C(=O)O)c3)n2)cn1. The number of nitrogens with zero attached hydrogens (tertiary/aromatic N) is 5. The van der Waals surface area contributed by atoms with Crippen molar-refractivity contribution < 1.29 is 9.90 Å². The van der Waals surface area contributed by atoms with Gasteiger partial charge in [-0.3, -0.25) is 14.4 Å². The fourth-order valence-electron chi connectivity index (χ4n) is 3.69. The van der Waals surface area contributed by atoms with E-state index in [1.165, 1.54) is 11.0 Å². The standard InChI is InChI=1S/C21H24N6O3/c1-25-14-18(12-23-25)27-9-7-20(28)19(24-27)11-15-4-2-6-17(10-15)26(21(29)30)13-16-5-3-8-22-16/h2,4,6-7,9-10,12,14,16,22H,3,5,8,11,13H2,1H3,(H,29,30)/t16-/m0/s1. The Hall–Kier alpha value is -3.46. The smallest absolute Gasteiger partial charge is 0.411 e. The predicted octanol–water partition coefficient (Wildman–Crippen LogP) is 1.79. The molecule has 2 aromatic heterocycles. The Kier molecular flexibility index (Phi) is 5.62. The molecule has 156 valence electrons. The van der Waals surface area contributed by atoms with Crippen molar-refractivity contribution in [1.82, 2.24) is 24.9 Å². The van der Waals surface area contributed by atoms with Gasteiger partial charge < -0.3 is 10.4 Å². The number of hydrogen-bond donors (Lipinski definition) is 2. The monoisotopic (exact) mass is 408 g/mol. The first-order valence-electron chi connectivity index (χ1n) is 9.90. The van der Waals surface area contributed by atoms with Crippen molar-refractivity contribution in [3.8, 4) is 5.69 Å². The first-order valence-corrected chi connectivity index (χ1v) is 9.90. The summed E-state index contributed by atoms with van der Waals surface area (Å²) in [5.74, 6) is 0. The van der Waals surface area contributed by atoms with Gasteiger partial charge in [0.1, 0.15) is 11.4 Å². The molecule has 1 atom stereocenters. The number of rotatable bonds is 6. The Labute approximate surface area is 173 Å². The lowest BCUT2D eigenvalue weighted by Gasteiger charge is -2.23. The highest BCUT2D eigenvalue weighted by Crippen LogP contribution is 2.20. The van der Waals surface area contributed by atoms with E-state index in [0.29, 0.717) is 24.3 Å². The van der Waals surface area contributed by atoms with Gasteiger partial charge in [-0.25, -0.2) is 9.48 Å². The van der Waals surface area contributed by atoms with Crippen molar-refractivity contribution in [2.45, 2.75) is 25.3 Å². The molecule has 2 N–H and O–H groups in total. The number of aromatic nitrogens is 4. The maximum absolute atomic E-state index is 12.4. The van der Waals surface area contributed by atoms with Crippen LogP contribution in [0.15, 0.2) is 53.7 Å². The molecule has 1 aromatic carbocycles. The van der Waals surface area contributed by atoms with Crippen molar-refractivity contribution in [2.24, 2.45) is 7.05 Å². The Morgan fingerprint density at radius 2 is 2.23 bits per heavy atom. The van der Waals surface area contributed by atoms with Crippen molar-refractivity contribution >= 4 is 11.8 Å². The molecule has 0 spiro atoms. The van der Waals surface area contributed by atoms with Crippen LogP contribution in [0.2, 0.25) is 0 Å². The zero-order valence-corrected chi connectivity index (χ0v) is 16.7. The predicted molar refractivity (Wildman–Crippen MR) is 112 cm³/mol. The first-order chi connectivity index (χ1) is 14.5. The van der Waals surface area contributed by atoms with Crippen molar-refractivity contribution in [1.29, 1.82) is 0 Å². The Morgan fingerprint density at radius 1 is 1.37 bits per heavy atom. The fourth-order valence-corrected chi connectivity index (χ4v) is 3.69. The van der Waals surface area contributed by atoms with Crippen LogP contribution in [0.5, 0.6) is 0 Å². The quantitative estimate of drug-likeness (QED) is 0.644. The lowest BCUT2D eigenvalue weighted by molar-refractivity contribution is 0.201. The molecule has 1 aliphatic rings. The van der Waals surface area contributed by atoms with E-state index in [1.807, 2.05) is 31.4 Å². The van der Waals surface area contributed by atoms with Crippen LogP contribution in [0.25, 0.3) is 5.69 Å². The third kappa shape index (κ3) is 4.41. The van der Waals surface area contributed by atoms with Crippen LogP contribution >= 0.6 is 0 Å². The van der Waals surface area contributed by atoms with Gasteiger partial charge in [-0.1, -0.05) is 12.1 Å². The molecule has 30 heavy (non-hydrogen) atoms. The number of aryl methyl sites for hydroxylation is 1. The molecule has 1 fully saturated rings. The Balaban J connectivity index is 1.58. The van der Waals surface area contributed by atoms with Crippen molar-refractivity contribution in [3.63, 3.8) is 0 Å². The van der Waals surface area contributed by atoms with E-state index in [1.54, 1.807) is 27.8 Å². The average Bonchev–Trinajstić information content (AvgIpc) is 3.39. The first kappa shape index (κ1) is 19.8. The highest BCUT2D eigenvalue weighted by atomic mass is 16.4. The van der Waals surface area contributed by atoms with Crippen LogP contribution in [0.1, 0.15) is 24.1 Å². The number of nitrogens with one attached hydrogen (secondary N) is 1. The lowest BCUT2D eigenvalue weighted by Crippen LogP contribution is -2.40. The summed E-state index contributed by atoms with van der Waals surface area (Å²) in [6.07, 6.45) is 6.43. The maximum atomic E-state index is 12.4. The molecule has 1 amide bonds. The molecule has 0 radical (unpaired) electrons. The molecule has 3 heterocycles. The number of carbonyl (C=O) groups is 1. The third-order valence-corrected chi connectivity index (χ3v) is 5.23. The van der Waals surface area contributed by atoms with E-state index in [0.717, 1.165) is 30.6 Å². The summed E-state index contributed by atoms with van der Waals surface area (Å²) in [5, 5.41) is 21.6. The molecular weight excluding hydrogens is 384 g/mol. The molecular formula is C21H24N6O3. The molecule has 1 saturated heterocycles. The summed E-state index contributed by atoms with van der Waals surface area (Å²) >= 11 is 0. The van der Waals surface area contributed by atoms with Crippen LogP contribution in [-0.2, 0) is 13.5 Å². The van der Waals surface area contributed by atoms with Crippen LogP contribution in [0.3, 0.4) is 0 Å². The third-order valence-electron chi connectivity index (χ3n) is 5.23. The zero-order valence-electron chi connectivity index (χ0n) is 16.7. The molecule has 9 heteroatoms. The summed E-state index contributed by atoms with van der Waals surface area (Å²) < 4.78 is 3.28. The molecule has 4 rings (SSSR count). The summed E-state index contributed by atoms with van der Waals surface area (Å²) in [6, 6.07) is 8.91. The number of anilines is 1. The minimum Gasteiger partial charge on any atom is -0.465 e. The maximum Gasteiger partial charge on any atom is 0.411 e. The molecule has 9 nitrogen and oxygen atoms in total. The fraction of sp³-hybridized carbons (Fsp3) is 0.333. The van der Waals surface area contributed by atoms with E-state index in [2.05, 4.69) is 15.5 Å². The molecule has 0 bridgehead atoms. The van der Waals surface area contributed by atoms with E-state index in [4.69, 9.17) is 0 Å². The summed E-state index contributed by atoms with van der Waals surface area (Å²) in [6.45, 7) is 1.32. The normalized spacial score (nSPS) is 16.0. The van der Waals surface area contributed by atoms with Gasteiger partial charge in [0.05, 0.1) is 12.4 Å². The highest BCUT2D eigenvalue weighted by molar-refractivity contribution is 5.86. The molecule has 0 unspecified atom stereocenters. The largest absolute Gasteiger partial charge is 0.465 e. The number of benzene rings is 1. The van der Waals surface area contributed by atoms with E-state index in [-0.39, 0.29) is 11.5 Å². The minimum atomic E-state index is -0.988. The van der Waals surface area contributed by atoms with E-state index < -0.39 is 6.09 Å². The molecule has 0 aliphatic carbocycles. The topological polar surface area (TPSA) is 105 Å². The molecule has 0 saturated carbocycles.